The monoisotopic (exact) mass is 290 g/mol. The van der Waals surface area contributed by atoms with Gasteiger partial charge in [0, 0.05) is 5.92 Å². The number of hydrogen-bond acceptors (Lipinski definition) is 1. The molecule has 0 saturated heterocycles. The van der Waals surface area contributed by atoms with E-state index in [1.165, 1.54) is 70.0 Å². The van der Waals surface area contributed by atoms with Crippen molar-refractivity contribution in [2.45, 2.75) is 78.1 Å². The predicted octanol–water partition coefficient (Wildman–Crippen LogP) is 5.95. The Balaban J connectivity index is 1.53. The number of hydrogen-bond donors (Lipinski definition) is 0. The molecule has 0 radical (unpaired) electrons. The number of allylic oxidation sites excluding steroid dienone is 2. The zero-order chi connectivity index (χ0) is 14.7. The van der Waals surface area contributed by atoms with Gasteiger partial charge in [-0.25, -0.2) is 0 Å². The Morgan fingerprint density at radius 1 is 1.00 bits per heavy atom. The second kappa shape index (κ2) is 7.20. The fourth-order valence-electron chi connectivity index (χ4n) is 5.11. The summed E-state index contributed by atoms with van der Waals surface area (Å²) >= 11 is 0. The van der Waals surface area contributed by atoms with Crippen molar-refractivity contribution < 1.29 is 4.74 Å². The van der Waals surface area contributed by atoms with Crippen LogP contribution in [0.25, 0.3) is 0 Å². The van der Waals surface area contributed by atoms with Crippen molar-refractivity contribution in [1.29, 1.82) is 0 Å². The smallest absolute Gasteiger partial charge is 0.0951 e. The quantitative estimate of drug-likeness (QED) is 0.621. The van der Waals surface area contributed by atoms with Gasteiger partial charge >= 0.3 is 0 Å². The highest BCUT2D eigenvalue weighted by Crippen LogP contribution is 2.47. The van der Waals surface area contributed by atoms with E-state index >= 15 is 0 Å². The molecule has 0 aromatic heterocycles. The Bertz CT molecular complexity index is 359. The molecular formula is C20H34O. The maximum Gasteiger partial charge on any atom is 0.0951 e. The first-order valence-corrected chi connectivity index (χ1v) is 9.62. The molecule has 1 heterocycles. The second-order valence-electron chi connectivity index (χ2n) is 7.93. The summed E-state index contributed by atoms with van der Waals surface area (Å²) in [5, 5.41) is 0. The summed E-state index contributed by atoms with van der Waals surface area (Å²) < 4.78 is 6.12. The van der Waals surface area contributed by atoms with Gasteiger partial charge in [-0.2, -0.15) is 0 Å². The molecule has 0 aromatic carbocycles. The van der Waals surface area contributed by atoms with Crippen LogP contribution < -0.4 is 0 Å². The van der Waals surface area contributed by atoms with Crippen LogP contribution in [0.4, 0.5) is 0 Å². The van der Waals surface area contributed by atoms with Gasteiger partial charge in [-0.15, -0.1) is 0 Å². The van der Waals surface area contributed by atoms with Crippen LogP contribution in [0.2, 0.25) is 0 Å². The van der Waals surface area contributed by atoms with Crippen molar-refractivity contribution in [3.63, 3.8) is 0 Å². The molecule has 1 nitrogen and oxygen atoms in total. The maximum absolute atomic E-state index is 6.12. The van der Waals surface area contributed by atoms with Gasteiger partial charge in [0.25, 0.3) is 0 Å². The molecule has 1 aliphatic heterocycles. The average Bonchev–Trinajstić information content (AvgIpc) is 2.55. The summed E-state index contributed by atoms with van der Waals surface area (Å²) in [6.45, 7) is 5.61. The van der Waals surface area contributed by atoms with Gasteiger partial charge in [-0.05, 0) is 74.7 Å². The standard InChI is InChI=1S/C20H34O/c1-3-5-16-6-8-18-13-19(10-9-17(18)12-16)20-11-7-15(4-2)14-21-20/h11,15-19H,3-10,12-14H2,1-2H3. The Hall–Kier alpha value is -0.460. The van der Waals surface area contributed by atoms with E-state index in [9.17, 15) is 0 Å². The van der Waals surface area contributed by atoms with E-state index in [-0.39, 0.29) is 0 Å². The van der Waals surface area contributed by atoms with Gasteiger partial charge in [-0.1, -0.05) is 33.1 Å². The molecule has 0 bridgehead atoms. The van der Waals surface area contributed by atoms with Gasteiger partial charge in [-0.3, -0.25) is 0 Å². The first-order valence-electron chi connectivity index (χ1n) is 9.62. The minimum atomic E-state index is 0.756. The molecule has 2 saturated carbocycles. The van der Waals surface area contributed by atoms with Crippen molar-refractivity contribution in [2.75, 3.05) is 6.61 Å². The normalized spacial score (nSPS) is 40.1. The molecule has 0 N–H and O–H groups in total. The van der Waals surface area contributed by atoms with E-state index in [0.717, 1.165) is 36.2 Å². The molecule has 5 unspecified atom stereocenters. The zero-order valence-electron chi connectivity index (χ0n) is 14.2. The predicted molar refractivity (Wildman–Crippen MR) is 89.0 cm³/mol. The van der Waals surface area contributed by atoms with Crippen molar-refractivity contribution in [1.82, 2.24) is 0 Å². The highest BCUT2D eigenvalue weighted by Gasteiger charge is 2.37. The lowest BCUT2D eigenvalue weighted by molar-refractivity contribution is 0.0602. The molecule has 1 heteroatoms. The van der Waals surface area contributed by atoms with Crippen molar-refractivity contribution in [3.05, 3.63) is 11.8 Å². The van der Waals surface area contributed by atoms with Gasteiger partial charge in [0.1, 0.15) is 0 Å². The van der Waals surface area contributed by atoms with Gasteiger partial charge in [0.2, 0.25) is 0 Å². The summed E-state index contributed by atoms with van der Waals surface area (Å²) in [4.78, 5) is 0. The lowest BCUT2D eigenvalue weighted by Gasteiger charge is -2.43. The minimum Gasteiger partial charge on any atom is -0.498 e. The fourth-order valence-corrected chi connectivity index (χ4v) is 5.11. The van der Waals surface area contributed by atoms with Crippen LogP contribution in [-0.4, -0.2) is 6.61 Å². The van der Waals surface area contributed by atoms with Crippen LogP contribution in [0.3, 0.4) is 0 Å². The maximum atomic E-state index is 6.12. The molecule has 3 aliphatic rings. The Labute approximate surface area is 131 Å². The highest BCUT2D eigenvalue weighted by molar-refractivity contribution is 5.05. The largest absolute Gasteiger partial charge is 0.498 e. The van der Waals surface area contributed by atoms with E-state index in [4.69, 9.17) is 4.74 Å². The third kappa shape index (κ3) is 3.66. The fraction of sp³-hybridized carbons (Fsp3) is 0.900. The van der Waals surface area contributed by atoms with E-state index in [0.29, 0.717) is 0 Å². The van der Waals surface area contributed by atoms with E-state index < -0.39 is 0 Å². The van der Waals surface area contributed by atoms with Crippen molar-refractivity contribution >= 4 is 0 Å². The third-order valence-electron chi connectivity index (χ3n) is 6.54. The Kier molecular flexibility index (Phi) is 5.29. The molecule has 2 fully saturated rings. The number of fused-ring (bicyclic) bond motifs is 1. The van der Waals surface area contributed by atoms with E-state index in [1.54, 1.807) is 0 Å². The SMILES string of the molecule is CCCC1CCC2CC(C3=CCC(CC)CO3)CCC2C1. The number of ether oxygens (including phenoxy) is 1. The van der Waals surface area contributed by atoms with E-state index in [1.807, 2.05) is 0 Å². The molecule has 0 amide bonds. The first-order chi connectivity index (χ1) is 10.3. The van der Waals surface area contributed by atoms with Crippen LogP contribution in [0, 0.1) is 29.6 Å². The lowest BCUT2D eigenvalue weighted by atomic mass is 9.64. The molecule has 5 atom stereocenters. The van der Waals surface area contributed by atoms with E-state index in [2.05, 4.69) is 19.9 Å². The van der Waals surface area contributed by atoms with Gasteiger partial charge in [0.05, 0.1) is 12.4 Å². The summed E-state index contributed by atoms with van der Waals surface area (Å²) in [7, 11) is 0. The van der Waals surface area contributed by atoms with Crippen molar-refractivity contribution in [3.8, 4) is 0 Å². The van der Waals surface area contributed by atoms with Crippen molar-refractivity contribution in [2.24, 2.45) is 29.6 Å². The van der Waals surface area contributed by atoms with Gasteiger partial charge in [0.15, 0.2) is 0 Å². The van der Waals surface area contributed by atoms with Crippen LogP contribution in [0.15, 0.2) is 11.8 Å². The van der Waals surface area contributed by atoms with Crippen LogP contribution in [-0.2, 0) is 4.74 Å². The average molecular weight is 290 g/mol. The van der Waals surface area contributed by atoms with Crippen LogP contribution >= 0.6 is 0 Å². The number of rotatable bonds is 4. The second-order valence-corrected chi connectivity index (χ2v) is 7.93. The van der Waals surface area contributed by atoms with Gasteiger partial charge < -0.3 is 4.74 Å². The van der Waals surface area contributed by atoms with Crippen LogP contribution in [0.1, 0.15) is 78.1 Å². The molecule has 120 valence electrons. The molecule has 2 aliphatic carbocycles. The highest BCUT2D eigenvalue weighted by atomic mass is 16.5. The summed E-state index contributed by atoms with van der Waals surface area (Å²) in [6.07, 6.45) is 16.6. The Morgan fingerprint density at radius 2 is 1.81 bits per heavy atom. The Morgan fingerprint density at radius 3 is 2.52 bits per heavy atom. The summed E-state index contributed by atoms with van der Waals surface area (Å²) in [5.74, 6) is 5.99. The topological polar surface area (TPSA) is 9.23 Å². The first kappa shape index (κ1) is 15.4. The minimum absolute atomic E-state index is 0.756. The molecular weight excluding hydrogens is 256 g/mol. The summed E-state index contributed by atoms with van der Waals surface area (Å²) in [6, 6.07) is 0. The third-order valence-corrected chi connectivity index (χ3v) is 6.54. The molecule has 0 spiro atoms. The summed E-state index contributed by atoms with van der Waals surface area (Å²) in [5.41, 5.74) is 0. The zero-order valence-corrected chi connectivity index (χ0v) is 14.2. The molecule has 3 rings (SSSR count). The lowest BCUT2D eigenvalue weighted by Crippen LogP contribution is -2.32. The molecule has 21 heavy (non-hydrogen) atoms. The molecule has 0 aromatic rings. The van der Waals surface area contributed by atoms with Crippen LogP contribution in [0.5, 0.6) is 0 Å².